The van der Waals surface area contributed by atoms with E-state index in [1.807, 2.05) is 35.7 Å². The number of aromatic amines is 1. The Hall–Kier alpha value is -3.00. The summed E-state index contributed by atoms with van der Waals surface area (Å²) >= 11 is 1.55. The predicted molar refractivity (Wildman–Crippen MR) is 100 cm³/mol. The molecule has 7 nitrogen and oxygen atoms in total. The highest BCUT2D eigenvalue weighted by Gasteiger charge is 2.08. The maximum Gasteiger partial charge on any atom is 0.328 e. The fraction of sp³-hybridized carbons (Fsp3) is 0.222. The molecule has 0 saturated heterocycles. The van der Waals surface area contributed by atoms with Crippen molar-refractivity contribution in [3.8, 4) is 11.3 Å². The summed E-state index contributed by atoms with van der Waals surface area (Å²) in [6.07, 6.45) is 2.00. The number of hydrogen-bond acceptors (Lipinski definition) is 5. The van der Waals surface area contributed by atoms with Crippen LogP contribution >= 0.6 is 11.3 Å². The molecule has 0 aliphatic rings. The monoisotopic (exact) mass is 370 g/mol. The van der Waals surface area contributed by atoms with Gasteiger partial charge < -0.3 is 5.32 Å². The Morgan fingerprint density at radius 3 is 2.81 bits per heavy atom. The maximum absolute atomic E-state index is 12.0. The molecule has 2 aromatic heterocycles. The van der Waals surface area contributed by atoms with Crippen molar-refractivity contribution >= 4 is 17.2 Å². The van der Waals surface area contributed by atoms with Gasteiger partial charge in [-0.15, -0.1) is 11.3 Å². The van der Waals surface area contributed by atoms with Gasteiger partial charge in [-0.3, -0.25) is 19.1 Å². The first-order valence-electron chi connectivity index (χ1n) is 8.10. The summed E-state index contributed by atoms with van der Waals surface area (Å²) in [5, 5.41) is 5.69. The summed E-state index contributed by atoms with van der Waals surface area (Å²) in [7, 11) is 0. The third-order valence-corrected chi connectivity index (χ3v) is 4.69. The molecule has 0 fully saturated rings. The molecule has 0 bridgehead atoms. The van der Waals surface area contributed by atoms with Crippen LogP contribution in [-0.2, 0) is 17.8 Å². The summed E-state index contributed by atoms with van der Waals surface area (Å²) < 4.78 is 1.18. The Balaban J connectivity index is 1.53. The van der Waals surface area contributed by atoms with Crippen molar-refractivity contribution in [2.24, 2.45) is 0 Å². The van der Waals surface area contributed by atoms with Crippen LogP contribution in [0.4, 0.5) is 0 Å². The molecule has 0 aliphatic carbocycles. The molecule has 0 unspecified atom stereocenters. The lowest BCUT2D eigenvalue weighted by Gasteiger charge is -2.07. The summed E-state index contributed by atoms with van der Waals surface area (Å²) in [5.41, 5.74) is 1.33. The third kappa shape index (κ3) is 4.34. The topological polar surface area (TPSA) is 96.8 Å². The zero-order valence-corrected chi connectivity index (χ0v) is 15.0. The quantitative estimate of drug-likeness (QED) is 0.684. The molecule has 2 N–H and O–H groups in total. The second kappa shape index (κ2) is 7.92. The summed E-state index contributed by atoms with van der Waals surface area (Å²) in [4.78, 5) is 41.8. The van der Waals surface area contributed by atoms with Gasteiger partial charge in [0, 0.05) is 35.7 Å². The number of carbonyl (C=O) groups is 1. The van der Waals surface area contributed by atoms with Crippen molar-refractivity contribution < 1.29 is 4.79 Å². The molecular formula is C18H18N4O3S. The van der Waals surface area contributed by atoms with E-state index in [4.69, 9.17) is 0 Å². The summed E-state index contributed by atoms with van der Waals surface area (Å²) in [6.45, 7) is 1.88. The molecule has 134 valence electrons. The van der Waals surface area contributed by atoms with Gasteiger partial charge in [-0.25, -0.2) is 9.78 Å². The smallest absolute Gasteiger partial charge is 0.328 e. The molecule has 0 spiro atoms. The van der Waals surface area contributed by atoms with Crippen LogP contribution in [-0.4, -0.2) is 27.0 Å². The molecule has 0 radical (unpaired) electrons. The largest absolute Gasteiger partial charge is 0.354 e. The average Bonchev–Trinajstić information content (AvgIpc) is 3.09. The van der Waals surface area contributed by atoms with Crippen LogP contribution in [0.5, 0.6) is 0 Å². The number of hydrogen-bond donors (Lipinski definition) is 2. The molecule has 3 aromatic rings. The van der Waals surface area contributed by atoms with Crippen LogP contribution in [0.1, 0.15) is 10.6 Å². The van der Waals surface area contributed by atoms with E-state index in [9.17, 15) is 14.4 Å². The van der Waals surface area contributed by atoms with Crippen LogP contribution in [0.25, 0.3) is 11.3 Å². The van der Waals surface area contributed by atoms with Gasteiger partial charge in [-0.05, 0) is 6.92 Å². The number of amides is 1. The van der Waals surface area contributed by atoms with Gasteiger partial charge in [0.2, 0.25) is 5.91 Å². The number of aryl methyl sites for hydroxylation is 1. The lowest BCUT2D eigenvalue weighted by atomic mass is 10.2. The Morgan fingerprint density at radius 2 is 2.04 bits per heavy atom. The number of carbonyl (C=O) groups excluding carboxylic acids is 1. The van der Waals surface area contributed by atoms with Crippen LogP contribution in [0.15, 0.2) is 51.5 Å². The molecule has 0 aliphatic heterocycles. The van der Waals surface area contributed by atoms with E-state index in [2.05, 4.69) is 15.3 Å². The lowest BCUT2D eigenvalue weighted by Crippen LogP contribution is -2.37. The predicted octanol–water partition coefficient (Wildman–Crippen LogP) is 1.33. The Morgan fingerprint density at radius 1 is 1.27 bits per heavy atom. The van der Waals surface area contributed by atoms with E-state index in [1.54, 1.807) is 18.3 Å². The van der Waals surface area contributed by atoms with Crippen molar-refractivity contribution in [3.05, 3.63) is 73.3 Å². The number of nitrogens with zero attached hydrogens (tertiary/aromatic N) is 2. The molecule has 1 aromatic carbocycles. The van der Waals surface area contributed by atoms with Gasteiger partial charge >= 0.3 is 5.69 Å². The lowest BCUT2D eigenvalue weighted by molar-refractivity contribution is -0.121. The first-order chi connectivity index (χ1) is 12.5. The molecule has 3 rings (SSSR count). The van der Waals surface area contributed by atoms with Crippen molar-refractivity contribution in [1.29, 1.82) is 0 Å². The van der Waals surface area contributed by atoms with E-state index in [0.29, 0.717) is 18.5 Å². The molecule has 26 heavy (non-hydrogen) atoms. The summed E-state index contributed by atoms with van der Waals surface area (Å²) in [5.74, 6) is -0.293. The first-order valence-corrected chi connectivity index (χ1v) is 8.98. The molecule has 1 amide bonds. The van der Waals surface area contributed by atoms with E-state index in [1.165, 1.54) is 10.8 Å². The average molecular weight is 370 g/mol. The highest BCUT2D eigenvalue weighted by atomic mass is 32.1. The van der Waals surface area contributed by atoms with Crippen LogP contribution in [0.3, 0.4) is 0 Å². The Bertz CT molecular complexity index is 1020. The minimum atomic E-state index is -0.594. The second-order valence-electron chi connectivity index (χ2n) is 5.79. The zero-order chi connectivity index (χ0) is 18.5. The maximum atomic E-state index is 12.0. The van der Waals surface area contributed by atoms with Gasteiger partial charge in [0.25, 0.3) is 5.56 Å². The second-order valence-corrected chi connectivity index (χ2v) is 6.73. The van der Waals surface area contributed by atoms with Gasteiger partial charge in [-0.2, -0.15) is 0 Å². The number of benzene rings is 1. The molecular weight excluding hydrogens is 352 g/mol. The van der Waals surface area contributed by atoms with Gasteiger partial charge in [0.15, 0.2) is 0 Å². The van der Waals surface area contributed by atoms with Crippen LogP contribution in [0, 0.1) is 6.92 Å². The number of aromatic nitrogens is 3. The van der Waals surface area contributed by atoms with Crippen molar-refractivity contribution in [2.75, 3.05) is 6.54 Å². The minimum Gasteiger partial charge on any atom is -0.354 e. The highest BCUT2D eigenvalue weighted by Crippen LogP contribution is 2.21. The fourth-order valence-corrected chi connectivity index (χ4v) is 3.23. The number of thiazole rings is 1. The van der Waals surface area contributed by atoms with E-state index in [0.717, 1.165) is 16.3 Å². The van der Waals surface area contributed by atoms with Crippen molar-refractivity contribution in [2.45, 2.75) is 19.9 Å². The highest BCUT2D eigenvalue weighted by molar-refractivity contribution is 7.09. The van der Waals surface area contributed by atoms with Crippen LogP contribution in [0.2, 0.25) is 0 Å². The Labute approximate surface area is 153 Å². The Kier molecular flexibility index (Phi) is 5.43. The molecule has 0 atom stereocenters. The standard InChI is InChI=1S/C18H18N4O3S/c1-12-9-22(18(25)21-17(12)24)10-15(23)19-8-7-16-20-14(11-26-16)13-5-3-2-4-6-13/h2-6,9,11H,7-8,10H2,1H3,(H,19,23)(H,21,24,25). The van der Waals surface area contributed by atoms with Crippen molar-refractivity contribution in [1.82, 2.24) is 19.9 Å². The molecule has 0 saturated carbocycles. The number of H-pyrrole nitrogens is 1. The van der Waals surface area contributed by atoms with E-state index >= 15 is 0 Å². The SMILES string of the molecule is Cc1cn(CC(=O)NCCc2nc(-c3ccccc3)cs2)c(=O)[nH]c1=O. The molecule has 8 heteroatoms. The first kappa shape index (κ1) is 17.8. The van der Waals surface area contributed by atoms with Gasteiger partial charge in [0.05, 0.1) is 10.7 Å². The minimum absolute atomic E-state index is 0.135. The van der Waals surface area contributed by atoms with Crippen LogP contribution < -0.4 is 16.6 Å². The van der Waals surface area contributed by atoms with Gasteiger partial charge in [0.1, 0.15) is 6.54 Å². The molecule has 2 heterocycles. The number of rotatable bonds is 6. The fourth-order valence-electron chi connectivity index (χ4n) is 2.42. The van der Waals surface area contributed by atoms with Gasteiger partial charge in [-0.1, -0.05) is 30.3 Å². The normalized spacial score (nSPS) is 10.7. The number of nitrogens with one attached hydrogen (secondary N) is 2. The summed E-state index contributed by atoms with van der Waals surface area (Å²) in [6, 6.07) is 9.90. The van der Waals surface area contributed by atoms with E-state index < -0.39 is 11.2 Å². The van der Waals surface area contributed by atoms with E-state index in [-0.39, 0.29) is 12.5 Å². The third-order valence-electron chi connectivity index (χ3n) is 3.79. The zero-order valence-electron chi connectivity index (χ0n) is 14.2. The van der Waals surface area contributed by atoms with Crippen molar-refractivity contribution in [3.63, 3.8) is 0 Å².